The number of hydrogen-bond acceptors (Lipinski definition) is 3. The number of halogens is 1. The first-order valence-corrected chi connectivity index (χ1v) is 7.29. The van der Waals surface area contributed by atoms with Gasteiger partial charge in [-0.1, -0.05) is 23.7 Å². The van der Waals surface area contributed by atoms with Crippen LogP contribution in [0.2, 0.25) is 5.02 Å². The second-order valence-electron chi connectivity index (χ2n) is 5.09. The minimum Gasteiger partial charge on any atom is -0.312 e. The van der Waals surface area contributed by atoms with Crippen LogP contribution in [0.4, 0.5) is 11.5 Å². The predicted molar refractivity (Wildman–Crippen MR) is 84.8 cm³/mol. The maximum atomic E-state index is 12.2. The van der Waals surface area contributed by atoms with E-state index in [0.717, 1.165) is 0 Å². The van der Waals surface area contributed by atoms with Crippen molar-refractivity contribution in [1.29, 1.82) is 0 Å². The lowest BCUT2D eigenvalue weighted by atomic mass is 10.1. The van der Waals surface area contributed by atoms with Gasteiger partial charge in [0, 0.05) is 29.9 Å². The summed E-state index contributed by atoms with van der Waals surface area (Å²) < 4.78 is 0. The molecule has 112 valence electrons. The Morgan fingerprint density at radius 1 is 1.27 bits per heavy atom. The Balaban J connectivity index is 1.70. The molecule has 0 bridgehead atoms. The fourth-order valence-corrected chi connectivity index (χ4v) is 2.63. The molecule has 1 aromatic carbocycles. The van der Waals surface area contributed by atoms with Gasteiger partial charge in [0.2, 0.25) is 11.8 Å². The number of nitrogens with zero attached hydrogens (tertiary/aromatic N) is 2. The van der Waals surface area contributed by atoms with E-state index in [0.29, 0.717) is 23.1 Å². The second-order valence-corrected chi connectivity index (χ2v) is 5.53. The highest BCUT2D eigenvalue weighted by Crippen LogP contribution is 2.27. The molecule has 1 aromatic heterocycles. The fourth-order valence-electron chi connectivity index (χ4n) is 2.44. The topological polar surface area (TPSA) is 62.3 Å². The Hall–Kier alpha value is -2.40. The summed E-state index contributed by atoms with van der Waals surface area (Å²) in [6.07, 6.45) is 1.79. The molecule has 1 aliphatic rings. The van der Waals surface area contributed by atoms with Crippen molar-refractivity contribution < 1.29 is 9.59 Å². The van der Waals surface area contributed by atoms with Crippen LogP contribution in [0.1, 0.15) is 6.42 Å². The van der Waals surface area contributed by atoms with Gasteiger partial charge in [0.15, 0.2) is 0 Å². The monoisotopic (exact) mass is 315 g/mol. The van der Waals surface area contributed by atoms with E-state index in [2.05, 4.69) is 10.3 Å². The number of rotatable bonds is 3. The van der Waals surface area contributed by atoms with Crippen LogP contribution in [0.25, 0.3) is 0 Å². The number of hydrogen-bond donors (Lipinski definition) is 1. The molecular weight excluding hydrogens is 302 g/mol. The molecule has 1 aliphatic heterocycles. The lowest BCUT2D eigenvalue weighted by Crippen LogP contribution is -2.28. The van der Waals surface area contributed by atoms with Crippen LogP contribution in [-0.4, -0.2) is 23.3 Å². The molecule has 0 spiro atoms. The quantitative estimate of drug-likeness (QED) is 0.947. The summed E-state index contributed by atoms with van der Waals surface area (Å²) in [4.78, 5) is 30.0. The third-order valence-corrected chi connectivity index (χ3v) is 3.77. The van der Waals surface area contributed by atoms with Gasteiger partial charge in [-0.05, 0) is 30.3 Å². The van der Waals surface area contributed by atoms with Crippen molar-refractivity contribution in [3.05, 3.63) is 53.7 Å². The van der Waals surface area contributed by atoms with Crippen LogP contribution in [0.3, 0.4) is 0 Å². The average Bonchev–Trinajstić information content (AvgIpc) is 2.90. The molecule has 1 fully saturated rings. The Morgan fingerprint density at radius 2 is 2.14 bits per heavy atom. The second kappa shape index (κ2) is 6.15. The molecule has 22 heavy (non-hydrogen) atoms. The van der Waals surface area contributed by atoms with E-state index in [1.54, 1.807) is 47.5 Å². The van der Waals surface area contributed by atoms with Gasteiger partial charge < -0.3 is 10.2 Å². The van der Waals surface area contributed by atoms with Gasteiger partial charge in [0.1, 0.15) is 5.82 Å². The summed E-state index contributed by atoms with van der Waals surface area (Å²) in [5.41, 5.74) is 0.714. The summed E-state index contributed by atoms with van der Waals surface area (Å²) >= 11 is 5.95. The van der Waals surface area contributed by atoms with E-state index >= 15 is 0 Å². The lowest BCUT2D eigenvalue weighted by molar-refractivity contribution is -0.122. The number of carbonyl (C=O) groups excluding carboxylic acids is 2. The number of carbonyl (C=O) groups is 2. The van der Waals surface area contributed by atoms with E-state index in [9.17, 15) is 9.59 Å². The summed E-state index contributed by atoms with van der Waals surface area (Å²) in [6, 6.07) is 12.3. The molecule has 0 saturated carbocycles. The van der Waals surface area contributed by atoms with E-state index in [4.69, 9.17) is 11.6 Å². The van der Waals surface area contributed by atoms with Crippen LogP contribution in [0, 0.1) is 5.92 Å². The molecule has 1 atom stereocenters. The molecule has 3 rings (SSSR count). The molecule has 0 aliphatic carbocycles. The highest BCUT2D eigenvalue weighted by Gasteiger charge is 2.35. The number of anilines is 2. The number of pyridine rings is 1. The Kier molecular flexibility index (Phi) is 4.06. The van der Waals surface area contributed by atoms with E-state index in [-0.39, 0.29) is 18.2 Å². The van der Waals surface area contributed by atoms with Crippen molar-refractivity contribution in [3.8, 4) is 0 Å². The standard InChI is InChI=1S/C16H14ClN3O2/c17-12-4-3-5-13(9-12)20-10-11(8-15(20)21)16(22)19-14-6-1-2-7-18-14/h1-7,9,11H,8,10H2,(H,18,19,22)/t11-/m1/s1. The van der Waals surface area contributed by atoms with Crippen molar-refractivity contribution in [3.63, 3.8) is 0 Å². The van der Waals surface area contributed by atoms with Crippen molar-refractivity contribution in [2.75, 3.05) is 16.8 Å². The van der Waals surface area contributed by atoms with Gasteiger partial charge in [0.25, 0.3) is 0 Å². The fraction of sp³-hybridized carbons (Fsp3) is 0.188. The Labute approximate surface area is 132 Å². The highest BCUT2D eigenvalue weighted by atomic mass is 35.5. The largest absolute Gasteiger partial charge is 0.312 e. The maximum Gasteiger partial charge on any atom is 0.230 e. The molecule has 1 saturated heterocycles. The molecular formula is C16H14ClN3O2. The first-order chi connectivity index (χ1) is 10.6. The highest BCUT2D eigenvalue weighted by molar-refractivity contribution is 6.31. The maximum absolute atomic E-state index is 12.2. The number of amides is 2. The van der Waals surface area contributed by atoms with Gasteiger partial charge >= 0.3 is 0 Å². The van der Waals surface area contributed by atoms with Crippen molar-refractivity contribution in [2.24, 2.45) is 5.92 Å². The zero-order chi connectivity index (χ0) is 15.5. The first-order valence-electron chi connectivity index (χ1n) is 6.91. The number of aromatic nitrogens is 1. The molecule has 0 radical (unpaired) electrons. The molecule has 6 heteroatoms. The van der Waals surface area contributed by atoms with Crippen LogP contribution < -0.4 is 10.2 Å². The van der Waals surface area contributed by atoms with E-state index in [1.807, 2.05) is 6.07 Å². The third kappa shape index (κ3) is 3.09. The summed E-state index contributed by atoms with van der Waals surface area (Å²) in [5, 5.41) is 3.29. The van der Waals surface area contributed by atoms with Crippen LogP contribution >= 0.6 is 11.6 Å². The minimum absolute atomic E-state index is 0.0802. The Morgan fingerprint density at radius 3 is 2.86 bits per heavy atom. The van der Waals surface area contributed by atoms with Gasteiger partial charge in [0.05, 0.1) is 5.92 Å². The third-order valence-electron chi connectivity index (χ3n) is 3.53. The van der Waals surface area contributed by atoms with Gasteiger partial charge in [-0.25, -0.2) is 4.98 Å². The van der Waals surface area contributed by atoms with Crippen molar-refractivity contribution >= 4 is 34.9 Å². The lowest BCUT2D eigenvalue weighted by Gasteiger charge is -2.16. The SMILES string of the molecule is O=C(Nc1ccccn1)[C@@H]1CC(=O)N(c2cccc(Cl)c2)C1. The van der Waals surface area contributed by atoms with Crippen molar-refractivity contribution in [2.45, 2.75) is 6.42 Å². The van der Waals surface area contributed by atoms with Gasteiger partial charge in [-0.2, -0.15) is 0 Å². The zero-order valence-electron chi connectivity index (χ0n) is 11.7. The number of nitrogens with one attached hydrogen (secondary N) is 1. The first kappa shape index (κ1) is 14.5. The van der Waals surface area contributed by atoms with E-state index < -0.39 is 5.92 Å². The van der Waals surface area contributed by atoms with Crippen LogP contribution in [0.5, 0.6) is 0 Å². The summed E-state index contributed by atoms with van der Waals surface area (Å²) in [7, 11) is 0. The summed E-state index contributed by atoms with van der Waals surface area (Å²) in [5.74, 6) is -0.186. The molecule has 0 unspecified atom stereocenters. The minimum atomic E-state index is -0.395. The van der Waals surface area contributed by atoms with Gasteiger partial charge in [-0.3, -0.25) is 9.59 Å². The molecule has 5 nitrogen and oxygen atoms in total. The van der Waals surface area contributed by atoms with Gasteiger partial charge in [-0.15, -0.1) is 0 Å². The normalized spacial score (nSPS) is 17.6. The predicted octanol–water partition coefficient (Wildman–Crippen LogP) is 2.73. The smallest absolute Gasteiger partial charge is 0.230 e. The average molecular weight is 316 g/mol. The molecule has 2 amide bonds. The number of benzene rings is 1. The molecule has 2 heterocycles. The Bertz CT molecular complexity index is 706. The van der Waals surface area contributed by atoms with E-state index in [1.165, 1.54) is 0 Å². The van der Waals surface area contributed by atoms with Crippen molar-refractivity contribution in [1.82, 2.24) is 4.98 Å². The molecule has 2 aromatic rings. The zero-order valence-corrected chi connectivity index (χ0v) is 12.5. The summed E-state index contributed by atoms with van der Waals surface area (Å²) in [6.45, 7) is 0.345. The van der Waals surface area contributed by atoms with Crippen LogP contribution in [-0.2, 0) is 9.59 Å². The van der Waals surface area contributed by atoms with Crippen LogP contribution in [0.15, 0.2) is 48.7 Å². The molecule has 1 N–H and O–H groups in total.